The van der Waals surface area contributed by atoms with Gasteiger partial charge in [0.2, 0.25) is 0 Å². The lowest BCUT2D eigenvalue weighted by atomic mass is 10.3. The van der Waals surface area contributed by atoms with Crippen molar-refractivity contribution < 1.29 is 22.6 Å². The van der Waals surface area contributed by atoms with Crippen LogP contribution in [0.15, 0.2) is 28.0 Å². The van der Waals surface area contributed by atoms with Crippen LogP contribution < -0.4 is 10.5 Å². The summed E-state index contributed by atoms with van der Waals surface area (Å²) in [6.07, 6.45) is 0.167. The molecule has 0 spiro atoms. The summed E-state index contributed by atoms with van der Waals surface area (Å²) in [7, 11) is 0. The minimum absolute atomic E-state index is 0.0947. The highest BCUT2D eigenvalue weighted by Gasteiger charge is 2.30. The fraction of sp³-hybridized carbons (Fsp3) is 0.571. The third kappa shape index (κ3) is 8.16. The normalized spacial score (nSPS) is 12.0. The number of benzene rings is 1. The van der Waals surface area contributed by atoms with E-state index in [1.807, 2.05) is 13.8 Å². The molecule has 0 aliphatic carbocycles. The summed E-state index contributed by atoms with van der Waals surface area (Å²) >= 11 is 0.754. The van der Waals surface area contributed by atoms with E-state index in [0.717, 1.165) is 11.9 Å². The maximum atomic E-state index is 12.7. The maximum Gasteiger partial charge on any atom is 0.446 e. The van der Waals surface area contributed by atoms with Crippen LogP contribution >= 0.6 is 23.7 Å². The second-order valence-electron chi connectivity index (χ2n) is 4.38. The Hall–Kier alpha value is -0.610. The number of hydrogen-bond acceptors (Lipinski definition) is 6. The SMILES string of the molecule is CCOC(CCNc1ccc(SN)cc1SC(F)(F)F)OCC. The Morgan fingerprint density at radius 3 is 2.39 bits per heavy atom. The predicted octanol–water partition coefficient (Wildman–Crippen LogP) is 4.47. The molecule has 0 atom stereocenters. The molecule has 1 rings (SSSR count). The topological polar surface area (TPSA) is 56.5 Å². The molecule has 0 unspecified atom stereocenters. The molecule has 1 aromatic carbocycles. The van der Waals surface area contributed by atoms with Gasteiger partial charge < -0.3 is 14.8 Å². The van der Waals surface area contributed by atoms with Crippen molar-refractivity contribution in [2.45, 2.75) is 41.9 Å². The van der Waals surface area contributed by atoms with Crippen LogP contribution in [-0.2, 0) is 9.47 Å². The molecule has 0 fully saturated rings. The molecule has 3 N–H and O–H groups in total. The Kier molecular flexibility index (Phi) is 9.15. The number of halogens is 3. The van der Waals surface area contributed by atoms with Gasteiger partial charge in [0.05, 0.1) is 0 Å². The molecule has 0 radical (unpaired) electrons. The van der Waals surface area contributed by atoms with Gasteiger partial charge in [-0.3, -0.25) is 5.14 Å². The van der Waals surface area contributed by atoms with E-state index in [9.17, 15) is 13.2 Å². The summed E-state index contributed by atoms with van der Waals surface area (Å²) in [5.41, 5.74) is -3.94. The number of ether oxygens (including phenoxy) is 2. The number of nitrogens with one attached hydrogen (secondary N) is 1. The quantitative estimate of drug-likeness (QED) is 0.360. The standard InChI is InChI=1S/C14H21F3N2O2S2/c1-3-20-13(21-4-2)7-8-19-11-6-5-10(23-18)9-12(11)22-14(15,16)17/h5-6,9,13,19H,3-4,7-8,18H2,1-2H3. The molecule has 0 saturated heterocycles. The van der Waals surface area contributed by atoms with Gasteiger partial charge in [0.1, 0.15) is 0 Å². The van der Waals surface area contributed by atoms with Crippen LogP contribution in [0.4, 0.5) is 18.9 Å². The second-order valence-corrected chi connectivity index (χ2v) is 6.19. The smallest absolute Gasteiger partial charge is 0.384 e. The highest BCUT2D eigenvalue weighted by atomic mass is 32.2. The van der Waals surface area contributed by atoms with Crippen molar-refractivity contribution in [1.82, 2.24) is 0 Å². The first-order chi connectivity index (χ1) is 10.9. The Morgan fingerprint density at radius 2 is 1.87 bits per heavy atom. The maximum absolute atomic E-state index is 12.7. The Labute approximate surface area is 142 Å². The molecule has 0 heterocycles. The van der Waals surface area contributed by atoms with E-state index >= 15 is 0 Å². The minimum Gasteiger partial charge on any atom is -0.384 e. The highest BCUT2D eigenvalue weighted by Crippen LogP contribution is 2.41. The summed E-state index contributed by atoms with van der Waals surface area (Å²) in [6, 6.07) is 4.70. The summed E-state index contributed by atoms with van der Waals surface area (Å²) in [5.74, 6) is 0. The molecule has 0 aliphatic heterocycles. The van der Waals surface area contributed by atoms with Gasteiger partial charge in [-0.1, -0.05) is 0 Å². The summed E-state index contributed by atoms with van der Waals surface area (Å²) in [5, 5.41) is 8.42. The second kappa shape index (κ2) is 10.3. The lowest BCUT2D eigenvalue weighted by molar-refractivity contribution is -0.137. The number of thioether (sulfide) groups is 1. The Balaban J connectivity index is 2.70. The monoisotopic (exact) mass is 370 g/mol. The van der Waals surface area contributed by atoms with E-state index in [1.165, 1.54) is 6.07 Å². The minimum atomic E-state index is -4.35. The molecule has 0 aliphatic rings. The van der Waals surface area contributed by atoms with E-state index in [-0.39, 0.29) is 22.9 Å². The average molecular weight is 370 g/mol. The lowest BCUT2D eigenvalue weighted by Gasteiger charge is -2.18. The van der Waals surface area contributed by atoms with Crippen LogP contribution in [-0.4, -0.2) is 31.6 Å². The van der Waals surface area contributed by atoms with Gasteiger partial charge in [0.25, 0.3) is 0 Å². The molecule has 4 nitrogen and oxygen atoms in total. The molecule has 0 aromatic heterocycles. The van der Waals surface area contributed by atoms with Crippen LogP contribution in [0.1, 0.15) is 20.3 Å². The molecule has 9 heteroatoms. The molecular formula is C14H21F3N2O2S2. The molecule has 1 aromatic rings. The van der Waals surface area contributed by atoms with Crippen molar-refractivity contribution in [2.24, 2.45) is 5.14 Å². The van der Waals surface area contributed by atoms with Gasteiger partial charge in [-0.05, 0) is 55.8 Å². The third-order valence-corrected chi connectivity index (χ3v) is 4.03. The Morgan fingerprint density at radius 1 is 1.22 bits per heavy atom. The number of hydrogen-bond donors (Lipinski definition) is 2. The molecule has 0 bridgehead atoms. The van der Waals surface area contributed by atoms with Crippen molar-refractivity contribution >= 4 is 29.4 Å². The van der Waals surface area contributed by atoms with Gasteiger partial charge in [-0.15, -0.1) is 0 Å². The number of alkyl halides is 3. The van der Waals surface area contributed by atoms with Gasteiger partial charge in [-0.2, -0.15) is 13.2 Å². The van der Waals surface area contributed by atoms with Crippen LogP contribution in [0.2, 0.25) is 0 Å². The van der Waals surface area contributed by atoms with Crippen molar-refractivity contribution in [3.8, 4) is 0 Å². The fourth-order valence-electron chi connectivity index (χ4n) is 1.84. The van der Waals surface area contributed by atoms with Crippen molar-refractivity contribution in [2.75, 3.05) is 25.1 Å². The predicted molar refractivity (Wildman–Crippen MR) is 88.5 cm³/mol. The summed E-state index contributed by atoms with van der Waals surface area (Å²) in [4.78, 5) is 0.668. The first-order valence-corrected chi connectivity index (χ1v) is 8.82. The molecule has 132 valence electrons. The zero-order valence-electron chi connectivity index (χ0n) is 13.0. The van der Waals surface area contributed by atoms with Crippen molar-refractivity contribution in [1.29, 1.82) is 0 Å². The lowest BCUT2D eigenvalue weighted by Crippen LogP contribution is -2.21. The van der Waals surface area contributed by atoms with E-state index in [4.69, 9.17) is 14.6 Å². The van der Waals surface area contributed by atoms with E-state index < -0.39 is 5.51 Å². The molecule has 0 saturated carbocycles. The van der Waals surface area contributed by atoms with E-state index in [2.05, 4.69) is 5.32 Å². The fourth-order valence-corrected chi connectivity index (χ4v) is 2.93. The van der Waals surface area contributed by atoms with E-state index in [0.29, 0.717) is 36.8 Å². The summed E-state index contributed by atoms with van der Waals surface area (Å²) < 4.78 is 48.8. The van der Waals surface area contributed by atoms with Gasteiger partial charge in [0.15, 0.2) is 6.29 Å². The van der Waals surface area contributed by atoms with Gasteiger partial charge in [0, 0.05) is 41.7 Å². The Bertz CT molecular complexity index is 470. The van der Waals surface area contributed by atoms with Gasteiger partial charge in [-0.25, -0.2) is 0 Å². The summed E-state index contributed by atoms with van der Waals surface area (Å²) in [6.45, 7) is 5.19. The van der Waals surface area contributed by atoms with Crippen LogP contribution in [0.25, 0.3) is 0 Å². The zero-order chi connectivity index (χ0) is 17.3. The van der Waals surface area contributed by atoms with Crippen LogP contribution in [0.5, 0.6) is 0 Å². The van der Waals surface area contributed by atoms with Gasteiger partial charge >= 0.3 is 5.51 Å². The zero-order valence-corrected chi connectivity index (χ0v) is 14.6. The van der Waals surface area contributed by atoms with Crippen molar-refractivity contribution in [3.05, 3.63) is 18.2 Å². The number of rotatable bonds is 10. The number of anilines is 1. The molecular weight excluding hydrogens is 349 g/mol. The average Bonchev–Trinajstić information content (AvgIpc) is 2.47. The molecule has 0 amide bonds. The molecule has 23 heavy (non-hydrogen) atoms. The van der Waals surface area contributed by atoms with Crippen molar-refractivity contribution in [3.63, 3.8) is 0 Å². The third-order valence-electron chi connectivity index (χ3n) is 2.72. The van der Waals surface area contributed by atoms with Crippen LogP contribution in [0, 0.1) is 0 Å². The van der Waals surface area contributed by atoms with Crippen LogP contribution in [0.3, 0.4) is 0 Å². The largest absolute Gasteiger partial charge is 0.446 e. The van der Waals surface area contributed by atoms with E-state index in [1.54, 1.807) is 12.1 Å². The first-order valence-electron chi connectivity index (χ1n) is 7.13. The highest BCUT2D eigenvalue weighted by molar-refractivity contribution is 8.00. The first kappa shape index (κ1) is 20.4. The number of nitrogens with two attached hydrogens (primary N) is 1.